The first-order valence-corrected chi connectivity index (χ1v) is 5.23. The lowest BCUT2D eigenvalue weighted by molar-refractivity contribution is -0.384. The number of esters is 1. The Kier molecular flexibility index (Phi) is 4.79. The summed E-state index contributed by atoms with van der Waals surface area (Å²) in [6.45, 7) is 1.77. The molecule has 1 rings (SSSR count). The molecule has 1 amide bonds. The summed E-state index contributed by atoms with van der Waals surface area (Å²) in [5.74, 6) is -1.19. The number of nitro groups is 1. The van der Waals surface area contributed by atoms with Gasteiger partial charge in [0.05, 0.1) is 10.5 Å². The van der Waals surface area contributed by atoms with E-state index in [0.29, 0.717) is 6.54 Å². The van der Waals surface area contributed by atoms with Gasteiger partial charge >= 0.3 is 5.97 Å². The number of amides is 1. The molecule has 1 N–H and O–H groups in total. The predicted molar refractivity (Wildman–Crippen MR) is 62.1 cm³/mol. The van der Waals surface area contributed by atoms with E-state index in [1.807, 2.05) is 0 Å². The minimum atomic E-state index is -0.773. The summed E-state index contributed by atoms with van der Waals surface area (Å²) in [6.07, 6.45) is 0. The van der Waals surface area contributed by atoms with Crippen molar-refractivity contribution < 1.29 is 19.2 Å². The van der Waals surface area contributed by atoms with Gasteiger partial charge in [0.1, 0.15) is 0 Å². The first-order valence-electron chi connectivity index (χ1n) is 5.23. The number of ether oxygens (including phenoxy) is 1. The van der Waals surface area contributed by atoms with Crippen LogP contribution in [0.15, 0.2) is 24.3 Å². The summed E-state index contributed by atoms with van der Waals surface area (Å²) in [7, 11) is 0. The molecule has 7 heteroatoms. The third-order valence-corrected chi connectivity index (χ3v) is 2.00. The smallest absolute Gasteiger partial charge is 0.338 e. The van der Waals surface area contributed by atoms with E-state index in [4.69, 9.17) is 4.74 Å². The maximum Gasteiger partial charge on any atom is 0.338 e. The van der Waals surface area contributed by atoms with Gasteiger partial charge in [-0.15, -0.1) is 0 Å². The summed E-state index contributed by atoms with van der Waals surface area (Å²) in [6, 6.07) is 5.12. The van der Waals surface area contributed by atoms with Crippen molar-refractivity contribution in [2.24, 2.45) is 0 Å². The van der Waals surface area contributed by atoms with Crippen molar-refractivity contribution in [3.05, 3.63) is 39.9 Å². The molecule has 0 saturated heterocycles. The largest absolute Gasteiger partial charge is 0.452 e. The third-order valence-electron chi connectivity index (χ3n) is 2.00. The van der Waals surface area contributed by atoms with Crippen molar-refractivity contribution >= 4 is 17.6 Å². The van der Waals surface area contributed by atoms with Gasteiger partial charge in [0.15, 0.2) is 6.61 Å². The molecule has 0 spiro atoms. The number of nitro benzene ring substituents is 1. The molecule has 0 aromatic heterocycles. The highest BCUT2D eigenvalue weighted by Gasteiger charge is 2.13. The van der Waals surface area contributed by atoms with Crippen LogP contribution in [0.25, 0.3) is 0 Å². The lowest BCUT2D eigenvalue weighted by Crippen LogP contribution is -2.28. The van der Waals surface area contributed by atoms with Crippen molar-refractivity contribution in [3.63, 3.8) is 0 Å². The van der Waals surface area contributed by atoms with E-state index in [2.05, 4.69) is 5.32 Å². The van der Waals surface area contributed by atoms with E-state index in [1.165, 1.54) is 18.2 Å². The molecule has 0 aliphatic heterocycles. The van der Waals surface area contributed by atoms with Gasteiger partial charge in [-0.25, -0.2) is 4.79 Å². The molecular formula is C11H12N2O5. The van der Waals surface area contributed by atoms with Gasteiger partial charge in [0.25, 0.3) is 11.6 Å². The van der Waals surface area contributed by atoms with Crippen LogP contribution in [0.5, 0.6) is 0 Å². The monoisotopic (exact) mass is 252 g/mol. The van der Waals surface area contributed by atoms with Crippen LogP contribution >= 0.6 is 0 Å². The average molecular weight is 252 g/mol. The van der Waals surface area contributed by atoms with Gasteiger partial charge in [-0.2, -0.15) is 0 Å². The van der Waals surface area contributed by atoms with Crippen LogP contribution in [-0.4, -0.2) is 30.0 Å². The van der Waals surface area contributed by atoms with Crippen LogP contribution in [0, 0.1) is 10.1 Å². The fourth-order valence-corrected chi connectivity index (χ4v) is 1.21. The molecule has 1 aromatic carbocycles. The van der Waals surface area contributed by atoms with Crippen LogP contribution in [0.3, 0.4) is 0 Å². The van der Waals surface area contributed by atoms with Gasteiger partial charge in [-0.05, 0) is 13.0 Å². The fraction of sp³-hybridized carbons (Fsp3) is 0.273. The lowest BCUT2D eigenvalue weighted by atomic mass is 10.2. The number of carbonyl (C=O) groups is 2. The second-order valence-electron chi connectivity index (χ2n) is 3.34. The molecule has 0 aliphatic carbocycles. The second kappa shape index (κ2) is 6.33. The SMILES string of the molecule is CCNC(=O)COC(=O)c1cccc([N+](=O)[O-])c1. The van der Waals surface area contributed by atoms with Gasteiger partial charge < -0.3 is 10.1 Å². The van der Waals surface area contributed by atoms with Gasteiger partial charge in [-0.1, -0.05) is 6.07 Å². The maximum absolute atomic E-state index is 11.5. The lowest BCUT2D eigenvalue weighted by Gasteiger charge is -2.04. The highest BCUT2D eigenvalue weighted by molar-refractivity contribution is 5.91. The van der Waals surface area contributed by atoms with Crippen molar-refractivity contribution in [2.45, 2.75) is 6.92 Å². The van der Waals surface area contributed by atoms with Crippen LogP contribution < -0.4 is 5.32 Å². The van der Waals surface area contributed by atoms with Crippen molar-refractivity contribution in [2.75, 3.05) is 13.2 Å². The van der Waals surface area contributed by atoms with E-state index >= 15 is 0 Å². The zero-order valence-electron chi connectivity index (χ0n) is 9.71. The van der Waals surface area contributed by atoms with Crippen molar-refractivity contribution in [1.82, 2.24) is 5.32 Å². The standard InChI is InChI=1S/C11H12N2O5/c1-2-12-10(14)7-18-11(15)8-4-3-5-9(6-8)13(16)17/h3-6H,2,7H2,1H3,(H,12,14). The molecular weight excluding hydrogens is 240 g/mol. The highest BCUT2D eigenvalue weighted by atomic mass is 16.6. The summed E-state index contributed by atoms with van der Waals surface area (Å²) in [5.41, 5.74) is -0.170. The van der Waals surface area contributed by atoms with E-state index in [9.17, 15) is 19.7 Å². The topological polar surface area (TPSA) is 98.5 Å². The number of hydrogen-bond donors (Lipinski definition) is 1. The number of rotatable bonds is 5. The number of benzene rings is 1. The molecule has 96 valence electrons. The van der Waals surface area contributed by atoms with E-state index < -0.39 is 23.4 Å². The third kappa shape index (κ3) is 3.85. The number of nitrogens with zero attached hydrogens (tertiary/aromatic N) is 1. The Morgan fingerprint density at radius 1 is 1.44 bits per heavy atom. The number of hydrogen-bond acceptors (Lipinski definition) is 5. The first-order chi connectivity index (χ1) is 8.54. The molecule has 0 radical (unpaired) electrons. The minimum absolute atomic E-state index is 0.0356. The van der Waals surface area contributed by atoms with Crippen LogP contribution in [-0.2, 0) is 9.53 Å². The van der Waals surface area contributed by atoms with Crippen LogP contribution in [0.4, 0.5) is 5.69 Å². The zero-order valence-corrected chi connectivity index (χ0v) is 9.71. The summed E-state index contributed by atoms with van der Waals surface area (Å²) < 4.78 is 4.70. The second-order valence-corrected chi connectivity index (χ2v) is 3.34. The predicted octanol–water partition coefficient (Wildman–Crippen LogP) is 0.888. The van der Waals surface area contributed by atoms with E-state index in [1.54, 1.807) is 6.92 Å². The molecule has 1 aromatic rings. The Balaban J connectivity index is 2.64. The molecule has 0 aliphatic rings. The van der Waals surface area contributed by atoms with Crippen LogP contribution in [0.2, 0.25) is 0 Å². The Hall–Kier alpha value is -2.44. The maximum atomic E-state index is 11.5. The summed E-state index contributed by atoms with van der Waals surface area (Å²) >= 11 is 0. The molecule has 0 heterocycles. The number of likely N-dealkylation sites (N-methyl/N-ethyl adjacent to an activating group) is 1. The van der Waals surface area contributed by atoms with E-state index in [0.717, 1.165) is 6.07 Å². The van der Waals surface area contributed by atoms with Gasteiger partial charge in [0, 0.05) is 18.7 Å². The molecule has 0 atom stereocenters. The van der Waals surface area contributed by atoms with Gasteiger partial charge in [-0.3, -0.25) is 14.9 Å². The van der Waals surface area contributed by atoms with Gasteiger partial charge in [0.2, 0.25) is 0 Å². The molecule has 0 fully saturated rings. The molecule has 18 heavy (non-hydrogen) atoms. The number of non-ortho nitro benzene ring substituents is 1. The van der Waals surface area contributed by atoms with Crippen molar-refractivity contribution in [3.8, 4) is 0 Å². The number of nitrogens with one attached hydrogen (secondary N) is 1. The molecule has 0 saturated carbocycles. The quantitative estimate of drug-likeness (QED) is 0.476. The van der Waals surface area contributed by atoms with Crippen molar-refractivity contribution in [1.29, 1.82) is 0 Å². The normalized spacial score (nSPS) is 9.61. The highest BCUT2D eigenvalue weighted by Crippen LogP contribution is 2.13. The Bertz CT molecular complexity index is 472. The minimum Gasteiger partial charge on any atom is -0.452 e. The fourth-order valence-electron chi connectivity index (χ4n) is 1.21. The summed E-state index contributed by atoms with van der Waals surface area (Å²) in [5, 5.41) is 13.0. The van der Waals surface area contributed by atoms with E-state index in [-0.39, 0.29) is 11.3 Å². The first kappa shape index (κ1) is 13.6. The molecule has 7 nitrogen and oxygen atoms in total. The van der Waals surface area contributed by atoms with Crippen LogP contribution in [0.1, 0.15) is 17.3 Å². The number of carbonyl (C=O) groups excluding carboxylic acids is 2. The zero-order chi connectivity index (χ0) is 13.5. The molecule has 0 bridgehead atoms. The average Bonchev–Trinajstić information content (AvgIpc) is 2.36. The Morgan fingerprint density at radius 3 is 2.78 bits per heavy atom. The molecule has 0 unspecified atom stereocenters. The Labute approximate surface area is 103 Å². The Morgan fingerprint density at radius 2 is 2.17 bits per heavy atom. The summed E-state index contributed by atoms with van der Waals surface area (Å²) in [4.78, 5) is 32.5.